The fraction of sp³-hybridized carbons (Fsp3) is 0.417. The average Bonchev–Trinajstić information content (AvgIpc) is 2.26. The summed E-state index contributed by atoms with van der Waals surface area (Å²) in [6, 6.07) is 3.47. The number of likely N-dealkylation sites (tertiary alicyclic amines) is 1. The van der Waals surface area contributed by atoms with Gasteiger partial charge in [0.15, 0.2) is 0 Å². The van der Waals surface area contributed by atoms with Crippen molar-refractivity contribution in [1.82, 2.24) is 9.88 Å². The Kier molecular flexibility index (Phi) is 3.18. The van der Waals surface area contributed by atoms with Crippen LogP contribution in [0.4, 0.5) is 5.82 Å². The van der Waals surface area contributed by atoms with Gasteiger partial charge in [-0.2, -0.15) is 0 Å². The number of amides is 1. The van der Waals surface area contributed by atoms with Crippen molar-refractivity contribution in [3.05, 3.63) is 23.9 Å². The second kappa shape index (κ2) is 4.64. The third kappa shape index (κ3) is 2.27. The summed E-state index contributed by atoms with van der Waals surface area (Å²) >= 11 is 0. The molecular formula is C12H15N3O3. The summed E-state index contributed by atoms with van der Waals surface area (Å²) < 4.78 is 0. The highest BCUT2D eigenvalue weighted by atomic mass is 16.4. The Bertz CT molecular complexity index is 464. The van der Waals surface area contributed by atoms with Crippen molar-refractivity contribution in [1.29, 1.82) is 0 Å². The van der Waals surface area contributed by atoms with Crippen molar-refractivity contribution in [3.63, 3.8) is 0 Å². The van der Waals surface area contributed by atoms with Gasteiger partial charge in [-0.1, -0.05) is 0 Å². The van der Waals surface area contributed by atoms with Gasteiger partial charge in [-0.3, -0.25) is 9.59 Å². The summed E-state index contributed by atoms with van der Waals surface area (Å²) in [6.07, 6.45) is 1.52. The number of carboxylic acid groups (broad SMARTS) is 1. The molecule has 2 rings (SSSR count). The topological polar surface area (TPSA) is 73.7 Å². The number of rotatable bonds is 3. The van der Waals surface area contributed by atoms with Crippen molar-refractivity contribution >= 4 is 17.7 Å². The van der Waals surface area contributed by atoms with Crippen LogP contribution in [0.5, 0.6) is 0 Å². The lowest BCUT2D eigenvalue weighted by molar-refractivity contribution is -0.146. The number of pyridine rings is 1. The molecule has 0 aromatic carbocycles. The van der Waals surface area contributed by atoms with Crippen LogP contribution >= 0.6 is 0 Å². The second-order valence-electron chi connectivity index (χ2n) is 4.54. The molecule has 1 saturated heterocycles. The molecule has 0 saturated carbocycles. The van der Waals surface area contributed by atoms with Crippen molar-refractivity contribution in [2.75, 3.05) is 32.1 Å². The molecule has 0 unspecified atom stereocenters. The Morgan fingerprint density at radius 3 is 2.50 bits per heavy atom. The Balaban J connectivity index is 2.00. The summed E-state index contributed by atoms with van der Waals surface area (Å²) in [5.74, 6) is -0.660. The molecule has 1 aromatic heterocycles. The van der Waals surface area contributed by atoms with E-state index in [4.69, 9.17) is 5.11 Å². The lowest BCUT2D eigenvalue weighted by atomic mass is 9.99. The SMILES string of the molecule is CN(C)c1ccc(C(=O)N2CC(C(=O)O)C2)cn1. The summed E-state index contributed by atoms with van der Waals surface area (Å²) in [6.45, 7) is 0.563. The van der Waals surface area contributed by atoms with E-state index in [2.05, 4.69) is 4.98 Å². The number of hydrogen-bond donors (Lipinski definition) is 1. The van der Waals surface area contributed by atoms with Gasteiger partial charge in [0.25, 0.3) is 5.91 Å². The third-order valence-electron chi connectivity index (χ3n) is 2.97. The fourth-order valence-corrected chi connectivity index (χ4v) is 1.76. The molecule has 0 atom stereocenters. The van der Waals surface area contributed by atoms with Crippen LogP contribution in [0, 0.1) is 5.92 Å². The smallest absolute Gasteiger partial charge is 0.310 e. The molecule has 0 bridgehead atoms. The number of carbonyl (C=O) groups excluding carboxylic acids is 1. The molecule has 1 amide bonds. The monoisotopic (exact) mass is 249 g/mol. The van der Waals surface area contributed by atoms with Gasteiger partial charge in [0.05, 0.1) is 11.5 Å². The predicted octanol–water partition coefficient (Wildman–Crippen LogP) is 0.304. The lowest BCUT2D eigenvalue weighted by Crippen LogP contribution is -2.53. The van der Waals surface area contributed by atoms with Gasteiger partial charge in [-0.05, 0) is 12.1 Å². The fourth-order valence-electron chi connectivity index (χ4n) is 1.76. The molecule has 1 aliphatic heterocycles. The highest BCUT2D eigenvalue weighted by Crippen LogP contribution is 2.19. The third-order valence-corrected chi connectivity index (χ3v) is 2.97. The van der Waals surface area contributed by atoms with Crippen LogP contribution in [0.25, 0.3) is 0 Å². The standard InChI is InChI=1S/C12H15N3O3/c1-14(2)10-4-3-8(5-13-10)11(16)15-6-9(7-15)12(17)18/h3-5,9H,6-7H2,1-2H3,(H,17,18). The van der Waals surface area contributed by atoms with E-state index in [0.717, 1.165) is 5.82 Å². The maximum absolute atomic E-state index is 12.0. The number of anilines is 1. The lowest BCUT2D eigenvalue weighted by Gasteiger charge is -2.36. The molecule has 0 aliphatic carbocycles. The minimum atomic E-state index is -0.847. The van der Waals surface area contributed by atoms with Crippen molar-refractivity contribution in [3.8, 4) is 0 Å². The van der Waals surface area contributed by atoms with Crippen molar-refractivity contribution in [2.45, 2.75) is 0 Å². The van der Waals surface area contributed by atoms with Crippen molar-refractivity contribution in [2.24, 2.45) is 5.92 Å². The molecule has 0 radical (unpaired) electrons. The first-order valence-corrected chi connectivity index (χ1v) is 5.64. The highest BCUT2D eigenvalue weighted by Gasteiger charge is 2.35. The molecule has 1 N–H and O–H groups in total. The van der Waals surface area contributed by atoms with E-state index >= 15 is 0 Å². The molecule has 2 heterocycles. The van der Waals surface area contributed by atoms with E-state index in [-0.39, 0.29) is 19.0 Å². The summed E-state index contributed by atoms with van der Waals surface area (Å²) in [4.78, 5) is 30.1. The van der Waals surface area contributed by atoms with Crippen LogP contribution in [0.2, 0.25) is 0 Å². The first-order valence-electron chi connectivity index (χ1n) is 5.64. The number of hydrogen-bond acceptors (Lipinski definition) is 4. The molecule has 18 heavy (non-hydrogen) atoms. The van der Waals surface area contributed by atoms with Crippen LogP contribution < -0.4 is 4.90 Å². The van der Waals surface area contributed by atoms with Crippen molar-refractivity contribution < 1.29 is 14.7 Å². The maximum atomic E-state index is 12.0. The molecule has 0 spiro atoms. The molecule has 96 valence electrons. The molecule has 1 aromatic rings. The van der Waals surface area contributed by atoms with Gasteiger partial charge >= 0.3 is 5.97 Å². The van der Waals surface area contributed by atoms with Gasteiger partial charge in [0.2, 0.25) is 0 Å². The molecule has 1 fully saturated rings. The summed E-state index contributed by atoms with van der Waals surface area (Å²) in [5, 5.41) is 8.75. The largest absolute Gasteiger partial charge is 0.481 e. The van der Waals surface area contributed by atoms with E-state index in [1.807, 2.05) is 19.0 Å². The number of aromatic nitrogens is 1. The molecule has 1 aliphatic rings. The number of nitrogens with zero attached hydrogens (tertiary/aromatic N) is 3. The van der Waals surface area contributed by atoms with E-state index < -0.39 is 11.9 Å². The number of carboxylic acids is 1. The average molecular weight is 249 g/mol. The quantitative estimate of drug-likeness (QED) is 0.834. The highest BCUT2D eigenvalue weighted by molar-refractivity contribution is 5.95. The van der Waals surface area contributed by atoms with E-state index in [1.54, 1.807) is 12.1 Å². The zero-order chi connectivity index (χ0) is 13.3. The number of carbonyl (C=O) groups is 2. The van der Waals surface area contributed by atoms with E-state index in [0.29, 0.717) is 5.56 Å². The Morgan fingerprint density at radius 2 is 2.06 bits per heavy atom. The maximum Gasteiger partial charge on any atom is 0.310 e. The van der Waals surface area contributed by atoms with Crippen LogP contribution in [0.3, 0.4) is 0 Å². The zero-order valence-electron chi connectivity index (χ0n) is 10.3. The van der Waals surface area contributed by atoms with Gasteiger partial charge in [-0.15, -0.1) is 0 Å². The van der Waals surface area contributed by atoms with Crippen LogP contribution in [-0.2, 0) is 4.79 Å². The Hall–Kier alpha value is -2.11. The molecule has 6 heteroatoms. The zero-order valence-corrected chi connectivity index (χ0v) is 10.3. The minimum absolute atomic E-state index is 0.162. The first kappa shape index (κ1) is 12.3. The van der Waals surface area contributed by atoms with Gasteiger partial charge in [0.1, 0.15) is 5.82 Å². The van der Waals surface area contributed by atoms with Gasteiger partial charge in [0, 0.05) is 33.4 Å². The molecule has 6 nitrogen and oxygen atoms in total. The normalized spacial score (nSPS) is 15.1. The summed E-state index contributed by atoms with van der Waals surface area (Å²) in [7, 11) is 3.74. The van der Waals surface area contributed by atoms with E-state index in [9.17, 15) is 9.59 Å². The van der Waals surface area contributed by atoms with Crippen LogP contribution in [0.1, 0.15) is 10.4 Å². The van der Waals surface area contributed by atoms with Gasteiger partial charge < -0.3 is 14.9 Å². The molecular weight excluding hydrogens is 234 g/mol. The van der Waals surface area contributed by atoms with Gasteiger partial charge in [-0.25, -0.2) is 4.98 Å². The minimum Gasteiger partial charge on any atom is -0.481 e. The Morgan fingerprint density at radius 1 is 1.39 bits per heavy atom. The second-order valence-corrected chi connectivity index (χ2v) is 4.54. The first-order chi connectivity index (χ1) is 8.49. The van der Waals surface area contributed by atoms with Crippen LogP contribution in [-0.4, -0.2) is 54.1 Å². The van der Waals surface area contributed by atoms with Crippen LogP contribution in [0.15, 0.2) is 18.3 Å². The summed E-state index contributed by atoms with van der Waals surface area (Å²) in [5.41, 5.74) is 0.490. The Labute approximate surface area is 105 Å². The number of aliphatic carboxylic acids is 1. The van der Waals surface area contributed by atoms with E-state index in [1.165, 1.54) is 11.1 Å². The predicted molar refractivity (Wildman–Crippen MR) is 65.6 cm³/mol.